The maximum Gasteiger partial charge on any atom is 0.353 e. The van der Waals surface area contributed by atoms with Gasteiger partial charge in [-0.05, 0) is 24.3 Å². The smallest absolute Gasteiger partial charge is 0.353 e. The fourth-order valence-corrected chi connectivity index (χ4v) is 4.36. The van der Waals surface area contributed by atoms with Gasteiger partial charge in [-0.25, -0.2) is 19.9 Å². The highest BCUT2D eigenvalue weighted by molar-refractivity contribution is 5.72. The van der Waals surface area contributed by atoms with E-state index in [0.29, 0.717) is 37.8 Å². The normalized spacial score (nSPS) is 16.7. The first-order valence-corrected chi connectivity index (χ1v) is 11.0. The first kappa shape index (κ1) is 20.9. The van der Waals surface area contributed by atoms with Crippen LogP contribution in [-0.2, 0) is 0 Å². The molecule has 5 heterocycles. The van der Waals surface area contributed by atoms with Gasteiger partial charge in [-0.1, -0.05) is 12.1 Å². The highest BCUT2D eigenvalue weighted by atomic mass is 16.6. The Morgan fingerprint density at radius 2 is 1.06 bits per heavy atom. The molecule has 2 aliphatic heterocycles. The molecule has 170 valence electrons. The van der Waals surface area contributed by atoms with E-state index in [4.69, 9.17) is 0 Å². The molecule has 2 fully saturated rings. The Labute approximate surface area is 191 Å². The average molecular weight is 448 g/mol. The van der Waals surface area contributed by atoms with Gasteiger partial charge in [0.15, 0.2) is 0 Å². The number of anilines is 4. The molecule has 0 aliphatic carbocycles. The van der Waals surface area contributed by atoms with Crippen LogP contribution in [0, 0.1) is 10.1 Å². The lowest BCUT2D eigenvalue weighted by molar-refractivity contribution is -0.383. The lowest BCUT2D eigenvalue weighted by atomic mass is 10.2. The molecule has 0 N–H and O–H groups in total. The number of pyridine rings is 2. The third-order valence-corrected chi connectivity index (χ3v) is 6.07. The summed E-state index contributed by atoms with van der Waals surface area (Å²) in [5, 5.41) is 12.1. The van der Waals surface area contributed by atoms with Crippen LogP contribution in [0.5, 0.6) is 0 Å². The first-order chi connectivity index (χ1) is 16.2. The average Bonchev–Trinajstić information content (AvgIpc) is 2.89. The van der Waals surface area contributed by atoms with E-state index in [1.54, 1.807) is 12.4 Å². The molecular formula is C22H25N9O2. The van der Waals surface area contributed by atoms with E-state index in [1.165, 1.54) is 6.33 Å². The van der Waals surface area contributed by atoms with E-state index in [-0.39, 0.29) is 10.6 Å². The monoisotopic (exact) mass is 447 g/mol. The maximum atomic E-state index is 12.1. The molecule has 0 bridgehead atoms. The van der Waals surface area contributed by atoms with E-state index >= 15 is 0 Å². The predicted octanol–water partition coefficient (Wildman–Crippen LogP) is 1.83. The molecule has 5 rings (SSSR count). The van der Waals surface area contributed by atoms with Gasteiger partial charge in [0, 0.05) is 64.8 Å². The molecule has 0 unspecified atom stereocenters. The van der Waals surface area contributed by atoms with Crippen molar-refractivity contribution in [1.29, 1.82) is 0 Å². The van der Waals surface area contributed by atoms with Crippen LogP contribution in [0.2, 0.25) is 0 Å². The van der Waals surface area contributed by atoms with Crippen LogP contribution in [0.25, 0.3) is 0 Å². The summed E-state index contributed by atoms with van der Waals surface area (Å²) in [6.45, 7) is 5.38. The van der Waals surface area contributed by atoms with Crippen molar-refractivity contribution >= 4 is 29.0 Å². The first-order valence-electron chi connectivity index (χ1n) is 11.0. The van der Waals surface area contributed by atoms with Crippen LogP contribution in [0.4, 0.5) is 29.0 Å². The minimum absolute atomic E-state index is 0.0185. The fraction of sp³-hybridized carbons (Fsp3) is 0.364. The van der Waals surface area contributed by atoms with E-state index in [2.05, 4.69) is 29.7 Å². The number of nitro groups is 1. The van der Waals surface area contributed by atoms with Crippen LogP contribution in [0.15, 0.2) is 55.1 Å². The highest BCUT2D eigenvalue weighted by Gasteiger charge is 2.33. The second-order valence-electron chi connectivity index (χ2n) is 7.95. The number of hydrogen-bond acceptors (Lipinski definition) is 10. The van der Waals surface area contributed by atoms with Crippen molar-refractivity contribution in [3.8, 4) is 0 Å². The van der Waals surface area contributed by atoms with Gasteiger partial charge in [-0.2, -0.15) is 0 Å². The van der Waals surface area contributed by atoms with E-state index in [1.807, 2.05) is 46.2 Å². The molecule has 33 heavy (non-hydrogen) atoms. The Bertz CT molecular complexity index is 1010. The number of piperazine rings is 2. The van der Waals surface area contributed by atoms with Crippen LogP contribution in [0.3, 0.4) is 0 Å². The summed E-state index contributed by atoms with van der Waals surface area (Å²) in [4.78, 5) is 37.6. The number of nitrogens with zero attached hydrogens (tertiary/aromatic N) is 9. The topological polar surface area (TPSA) is 108 Å². The van der Waals surface area contributed by atoms with E-state index in [0.717, 1.165) is 37.8 Å². The van der Waals surface area contributed by atoms with Gasteiger partial charge < -0.3 is 19.6 Å². The minimum Gasteiger partial charge on any atom is -0.353 e. The van der Waals surface area contributed by atoms with Crippen molar-refractivity contribution in [2.75, 3.05) is 72.0 Å². The quantitative estimate of drug-likeness (QED) is 0.424. The molecule has 0 atom stereocenters. The van der Waals surface area contributed by atoms with Crippen LogP contribution in [-0.4, -0.2) is 77.2 Å². The van der Waals surface area contributed by atoms with Crippen molar-refractivity contribution in [3.05, 3.63) is 65.2 Å². The SMILES string of the molecule is O=[N+]([O-])c1c(N2CCN(c3ccccn3)CC2)ncnc1N1CCN(c2ccccn2)CC1. The molecule has 2 saturated heterocycles. The Morgan fingerprint density at radius 1 is 0.636 bits per heavy atom. The van der Waals surface area contributed by atoms with E-state index < -0.39 is 0 Å². The van der Waals surface area contributed by atoms with Crippen molar-refractivity contribution < 1.29 is 4.92 Å². The molecule has 0 spiro atoms. The van der Waals surface area contributed by atoms with Crippen LogP contribution < -0.4 is 19.6 Å². The summed E-state index contributed by atoms with van der Waals surface area (Å²) in [6.07, 6.45) is 4.99. The lowest BCUT2D eigenvalue weighted by Crippen LogP contribution is -2.48. The summed E-state index contributed by atoms with van der Waals surface area (Å²) in [5.74, 6) is 2.61. The zero-order chi connectivity index (χ0) is 22.6. The molecule has 0 amide bonds. The molecule has 0 radical (unpaired) electrons. The van der Waals surface area contributed by atoms with Gasteiger partial charge >= 0.3 is 5.69 Å². The summed E-state index contributed by atoms with van der Waals surface area (Å²) in [6, 6.07) is 11.7. The summed E-state index contributed by atoms with van der Waals surface area (Å²) in [5.41, 5.74) is -0.0185. The largest absolute Gasteiger partial charge is 0.353 e. The number of hydrogen-bond donors (Lipinski definition) is 0. The van der Waals surface area contributed by atoms with Crippen molar-refractivity contribution in [1.82, 2.24) is 19.9 Å². The highest BCUT2D eigenvalue weighted by Crippen LogP contribution is 2.35. The van der Waals surface area contributed by atoms with Gasteiger partial charge in [0.1, 0.15) is 18.0 Å². The predicted molar refractivity (Wildman–Crippen MR) is 126 cm³/mol. The van der Waals surface area contributed by atoms with Gasteiger partial charge in [0.2, 0.25) is 11.6 Å². The Hall–Kier alpha value is -4.02. The van der Waals surface area contributed by atoms with Crippen LogP contribution in [0.1, 0.15) is 0 Å². The van der Waals surface area contributed by atoms with Gasteiger partial charge in [-0.15, -0.1) is 0 Å². The van der Waals surface area contributed by atoms with Crippen molar-refractivity contribution in [3.63, 3.8) is 0 Å². The molecule has 3 aromatic heterocycles. The zero-order valence-electron chi connectivity index (χ0n) is 18.2. The molecule has 11 heteroatoms. The standard InChI is InChI=1S/C22H25N9O2/c32-31(33)20-21(29-13-9-27(10-14-29)18-5-1-3-7-23-18)25-17-26-22(20)30-15-11-28(12-16-30)19-6-2-4-8-24-19/h1-8,17H,9-16H2. The Kier molecular flexibility index (Phi) is 5.83. The van der Waals surface area contributed by atoms with E-state index in [9.17, 15) is 10.1 Å². The Balaban J connectivity index is 1.32. The molecule has 0 saturated carbocycles. The summed E-state index contributed by atoms with van der Waals surface area (Å²) < 4.78 is 0. The van der Waals surface area contributed by atoms with Gasteiger partial charge in [0.05, 0.1) is 4.92 Å². The van der Waals surface area contributed by atoms with Gasteiger partial charge in [0.25, 0.3) is 0 Å². The molecule has 11 nitrogen and oxygen atoms in total. The molecule has 2 aliphatic rings. The van der Waals surface area contributed by atoms with Crippen molar-refractivity contribution in [2.24, 2.45) is 0 Å². The third kappa shape index (κ3) is 4.34. The van der Waals surface area contributed by atoms with Crippen molar-refractivity contribution in [2.45, 2.75) is 0 Å². The Morgan fingerprint density at radius 3 is 1.42 bits per heavy atom. The second-order valence-corrected chi connectivity index (χ2v) is 7.95. The zero-order valence-corrected chi connectivity index (χ0v) is 18.2. The summed E-state index contributed by atoms with van der Waals surface area (Å²) in [7, 11) is 0. The minimum atomic E-state index is -0.346. The molecule has 0 aromatic carbocycles. The third-order valence-electron chi connectivity index (χ3n) is 6.07. The maximum absolute atomic E-state index is 12.1. The lowest BCUT2D eigenvalue weighted by Gasteiger charge is -2.37. The fourth-order valence-electron chi connectivity index (χ4n) is 4.36. The number of rotatable bonds is 5. The van der Waals surface area contributed by atoms with Gasteiger partial charge in [-0.3, -0.25) is 10.1 Å². The molecule has 3 aromatic rings. The second kappa shape index (κ2) is 9.23. The molecular weight excluding hydrogens is 422 g/mol. The summed E-state index contributed by atoms with van der Waals surface area (Å²) >= 11 is 0. The van der Waals surface area contributed by atoms with Crippen LogP contribution >= 0.6 is 0 Å². The number of aromatic nitrogens is 4.